The zero-order valence-corrected chi connectivity index (χ0v) is 9.51. The molecule has 1 unspecified atom stereocenters. The molecular formula is C13H22O. The molecule has 0 aliphatic heterocycles. The van der Waals surface area contributed by atoms with Crippen molar-refractivity contribution in [3.05, 3.63) is 12.7 Å². The van der Waals surface area contributed by atoms with E-state index in [1.807, 2.05) is 6.92 Å². The van der Waals surface area contributed by atoms with Crippen LogP contribution in [0.25, 0.3) is 0 Å². The third kappa shape index (κ3) is 2.97. The highest BCUT2D eigenvalue weighted by atomic mass is 16.1. The zero-order chi connectivity index (χ0) is 10.6. The van der Waals surface area contributed by atoms with Crippen LogP contribution in [0.2, 0.25) is 0 Å². The second kappa shape index (κ2) is 4.77. The Kier molecular flexibility index (Phi) is 3.91. The summed E-state index contributed by atoms with van der Waals surface area (Å²) in [4.78, 5) is 11.5. The van der Waals surface area contributed by atoms with E-state index in [4.69, 9.17) is 0 Å². The molecule has 0 bridgehead atoms. The standard InChI is InChI=1S/C13H22O/c1-4-11-7-6-8-13(3,9-11)10-12(14)5-2/h4,11H,1,5-10H2,2-3H3/t11?,13-/m1/s1. The van der Waals surface area contributed by atoms with Gasteiger partial charge in [0, 0.05) is 12.8 Å². The molecule has 0 amide bonds. The molecule has 1 saturated carbocycles. The van der Waals surface area contributed by atoms with Crippen LogP contribution in [0.3, 0.4) is 0 Å². The molecule has 1 fully saturated rings. The Bertz CT molecular complexity index is 219. The van der Waals surface area contributed by atoms with Gasteiger partial charge in [0.15, 0.2) is 0 Å². The maximum atomic E-state index is 11.5. The van der Waals surface area contributed by atoms with E-state index in [1.54, 1.807) is 0 Å². The molecule has 2 atom stereocenters. The zero-order valence-electron chi connectivity index (χ0n) is 9.51. The van der Waals surface area contributed by atoms with Crippen LogP contribution in [0.5, 0.6) is 0 Å². The van der Waals surface area contributed by atoms with Gasteiger partial charge in [-0.2, -0.15) is 0 Å². The summed E-state index contributed by atoms with van der Waals surface area (Å²) >= 11 is 0. The first-order valence-electron chi connectivity index (χ1n) is 5.74. The van der Waals surface area contributed by atoms with Gasteiger partial charge in [0.2, 0.25) is 0 Å². The van der Waals surface area contributed by atoms with Gasteiger partial charge in [0.05, 0.1) is 0 Å². The van der Waals surface area contributed by atoms with Crippen molar-refractivity contribution in [1.29, 1.82) is 0 Å². The van der Waals surface area contributed by atoms with Crippen molar-refractivity contribution in [2.45, 2.75) is 52.4 Å². The highest BCUT2D eigenvalue weighted by molar-refractivity contribution is 5.78. The molecule has 0 N–H and O–H groups in total. The van der Waals surface area contributed by atoms with Crippen molar-refractivity contribution < 1.29 is 4.79 Å². The Balaban J connectivity index is 2.54. The lowest BCUT2D eigenvalue weighted by molar-refractivity contribution is -0.121. The molecule has 14 heavy (non-hydrogen) atoms. The van der Waals surface area contributed by atoms with Gasteiger partial charge in [-0.15, -0.1) is 6.58 Å². The summed E-state index contributed by atoms with van der Waals surface area (Å²) < 4.78 is 0. The Morgan fingerprint density at radius 1 is 1.64 bits per heavy atom. The predicted octanol–water partition coefficient (Wildman–Crippen LogP) is 3.74. The number of Topliss-reactive ketones (excluding diaryl/α,β-unsaturated/α-hetero) is 1. The van der Waals surface area contributed by atoms with Crippen LogP contribution in [0.15, 0.2) is 12.7 Å². The lowest BCUT2D eigenvalue weighted by atomic mass is 9.68. The van der Waals surface area contributed by atoms with Crippen molar-refractivity contribution >= 4 is 5.78 Å². The molecule has 1 aliphatic carbocycles. The molecule has 0 aromatic heterocycles. The van der Waals surface area contributed by atoms with Crippen molar-refractivity contribution in [2.24, 2.45) is 11.3 Å². The van der Waals surface area contributed by atoms with Gasteiger partial charge in [0.1, 0.15) is 5.78 Å². The fourth-order valence-electron chi connectivity index (χ4n) is 2.59. The van der Waals surface area contributed by atoms with E-state index in [-0.39, 0.29) is 5.41 Å². The number of carbonyl (C=O) groups is 1. The fraction of sp³-hybridized carbons (Fsp3) is 0.769. The van der Waals surface area contributed by atoms with Crippen molar-refractivity contribution in [1.82, 2.24) is 0 Å². The average Bonchev–Trinajstić information content (AvgIpc) is 2.17. The lowest BCUT2D eigenvalue weighted by Gasteiger charge is -2.36. The van der Waals surface area contributed by atoms with E-state index < -0.39 is 0 Å². The minimum Gasteiger partial charge on any atom is -0.300 e. The minimum atomic E-state index is 0.254. The van der Waals surface area contributed by atoms with E-state index >= 15 is 0 Å². The number of hydrogen-bond donors (Lipinski definition) is 0. The summed E-state index contributed by atoms with van der Waals surface area (Å²) in [6, 6.07) is 0. The molecular weight excluding hydrogens is 172 g/mol. The van der Waals surface area contributed by atoms with Crippen LogP contribution >= 0.6 is 0 Å². The topological polar surface area (TPSA) is 17.1 Å². The molecule has 0 radical (unpaired) electrons. The van der Waals surface area contributed by atoms with Crippen LogP contribution in [0, 0.1) is 11.3 Å². The first kappa shape index (κ1) is 11.5. The van der Waals surface area contributed by atoms with Crippen molar-refractivity contribution in [3.63, 3.8) is 0 Å². The van der Waals surface area contributed by atoms with Crippen LogP contribution in [0.4, 0.5) is 0 Å². The number of allylic oxidation sites excluding steroid dienone is 1. The number of rotatable bonds is 4. The molecule has 0 spiro atoms. The number of hydrogen-bond acceptors (Lipinski definition) is 1. The van der Waals surface area contributed by atoms with Gasteiger partial charge in [-0.25, -0.2) is 0 Å². The molecule has 1 rings (SSSR count). The largest absolute Gasteiger partial charge is 0.300 e. The molecule has 0 heterocycles. The van der Waals surface area contributed by atoms with E-state index in [2.05, 4.69) is 19.6 Å². The summed E-state index contributed by atoms with van der Waals surface area (Å²) in [5.41, 5.74) is 0.254. The Morgan fingerprint density at radius 3 is 2.93 bits per heavy atom. The van der Waals surface area contributed by atoms with Crippen molar-refractivity contribution in [3.8, 4) is 0 Å². The average molecular weight is 194 g/mol. The third-order valence-electron chi connectivity index (χ3n) is 3.46. The van der Waals surface area contributed by atoms with E-state index in [1.165, 1.54) is 19.3 Å². The maximum Gasteiger partial charge on any atom is 0.133 e. The Hall–Kier alpha value is -0.590. The summed E-state index contributed by atoms with van der Waals surface area (Å²) in [6.07, 6.45) is 8.41. The maximum absolute atomic E-state index is 11.5. The summed E-state index contributed by atoms with van der Waals surface area (Å²) in [6.45, 7) is 8.08. The Morgan fingerprint density at radius 2 is 2.36 bits per heavy atom. The quantitative estimate of drug-likeness (QED) is 0.623. The van der Waals surface area contributed by atoms with Gasteiger partial charge in [-0.1, -0.05) is 26.3 Å². The van der Waals surface area contributed by atoms with Crippen molar-refractivity contribution in [2.75, 3.05) is 0 Å². The molecule has 80 valence electrons. The summed E-state index contributed by atoms with van der Waals surface area (Å²) in [5, 5.41) is 0. The van der Waals surface area contributed by atoms with Crippen LogP contribution in [0.1, 0.15) is 52.4 Å². The lowest BCUT2D eigenvalue weighted by Crippen LogP contribution is -2.27. The van der Waals surface area contributed by atoms with Gasteiger partial charge < -0.3 is 0 Å². The molecule has 0 saturated heterocycles. The van der Waals surface area contributed by atoms with Crippen LogP contribution in [-0.4, -0.2) is 5.78 Å². The molecule has 1 nitrogen and oxygen atoms in total. The second-order valence-corrected chi connectivity index (χ2v) is 4.97. The second-order valence-electron chi connectivity index (χ2n) is 4.97. The van der Waals surface area contributed by atoms with E-state index in [0.29, 0.717) is 18.1 Å². The van der Waals surface area contributed by atoms with Gasteiger partial charge >= 0.3 is 0 Å². The fourth-order valence-corrected chi connectivity index (χ4v) is 2.59. The Labute approximate surface area is 87.6 Å². The third-order valence-corrected chi connectivity index (χ3v) is 3.46. The smallest absolute Gasteiger partial charge is 0.133 e. The first-order valence-corrected chi connectivity index (χ1v) is 5.74. The number of ketones is 1. The predicted molar refractivity (Wildman–Crippen MR) is 60.2 cm³/mol. The summed E-state index contributed by atoms with van der Waals surface area (Å²) in [5.74, 6) is 1.05. The molecule has 0 aromatic carbocycles. The highest BCUT2D eigenvalue weighted by Crippen LogP contribution is 2.42. The van der Waals surface area contributed by atoms with Gasteiger partial charge in [0.25, 0.3) is 0 Å². The number of carbonyl (C=O) groups excluding carboxylic acids is 1. The SMILES string of the molecule is C=CC1CCC[C@@](C)(CC(=O)CC)C1. The highest BCUT2D eigenvalue weighted by Gasteiger charge is 2.32. The molecule has 1 aliphatic rings. The van der Waals surface area contributed by atoms with E-state index in [0.717, 1.165) is 12.8 Å². The van der Waals surface area contributed by atoms with Gasteiger partial charge in [-0.05, 0) is 30.6 Å². The van der Waals surface area contributed by atoms with Crippen LogP contribution < -0.4 is 0 Å². The minimum absolute atomic E-state index is 0.254. The van der Waals surface area contributed by atoms with Crippen LogP contribution in [-0.2, 0) is 4.79 Å². The molecule has 1 heteroatoms. The monoisotopic (exact) mass is 194 g/mol. The summed E-state index contributed by atoms with van der Waals surface area (Å²) in [7, 11) is 0. The van der Waals surface area contributed by atoms with Gasteiger partial charge in [-0.3, -0.25) is 4.79 Å². The first-order chi connectivity index (χ1) is 6.59. The molecule has 0 aromatic rings. The van der Waals surface area contributed by atoms with E-state index in [9.17, 15) is 4.79 Å². The normalized spacial score (nSPS) is 32.6.